The highest BCUT2D eigenvalue weighted by Gasteiger charge is 2.35. The number of halogens is 3. The second-order valence-electron chi connectivity index (χ2n) is 9.93. The second-order valence-corrected chi connectivity index (χ2v) is 9.93. The van der Waals surface area contributed by atoms with E-state index in [2.05, 4.69) is 19.9 Å². The van der Waals surface area contributed by atoms with Crippen molar-refractivity contribution in [2.24, 2.45) is 14.1 Å². The number of rotatable bonds is 6. The molecule has 1 atom stereocenters. The van der Waals surface area contributed by atoms with Gasteiger partial charge in [-0.15, -0.1) is 0 Å². The smallest absolute Gasteiger partial charge is 0.434 e. The molecule has 5 aromatic rings. The van der Waals surface area contributed by atoms with Crippen molar-refractivity contribution in [2.45, 2.75) is 37.9 Å². The van der Waals surface area contributed by atoms with Crippen molar-refractivity contribution in [3.63, 3.8) is 0 Å². The average Bonchev–Trinajstić information content (AvgIpc) is 3.67. The van der Waals surface area contributed by atoms with Crippen LogP contribution < -0.4 is 10.4 Å². The molecular formula is C27H26F3N9O. The summed E-state index contributed by atoms with van der Waals surface area (Å²) in [5.74, 6) is 1.35. The monoisotopic (exact) mass is 549 g/mol. The highest BCUT2D eigenvalue weighted by atomic mass is 19.4. The summed E-state index contributed by atoms with van der Waals surface area (Å²) in [5, 5.41) is 8.83. The summed E-state index contributed by atoms with van der Waals surface area (Å²) in [7, 11) is 4.86. The van der Waals surface area contributed by atoms with E-state index in [9.17, 15) is 13.2 Å². The molecule has 0 bridgehead atoms. The predicted octanol–water partition coefficient (Wildman–Crippen LogP) is 4.62. The van der Waals surface area contributed by atoms with Gasteiger partial charge in [-0.3, -0.25) is 9.98 Å². The first kappa shape index (κ1) is 25.7. The Balaban J connectivity index is 1.41. The van der Waals surface area contributed by atoms with E-state index < -0.39 is 11.9 Å². The average molecular weight is 550 g/mol. The van der Waals surface area contributed by atoms with Crippen LogP contribution in [0.5, 0.6) is 5.88 Å². The molecule has 1 fully saturated rings. The van der Waals surface area contributed by atoms with Gasteiger partial charge in [0.1, 0.15) is 23.2 Å². The molecule has 1 aromatic carbocycles. The molecule has 1 N–H and O–H groups in total. The first-order valence-corrected chi connectivity index (χ1v) is 12.7. The zero-order chi connectivity index (χ0) is 28.3. The zero-order valence-electron chi connectivity index (χ0n) is 22.2. The number of hydrogen-bond donors (Lipinski definition) is 1. The van der Waals surface area contributed by atoms with Crippen LogP contribution in [0.1, 0.15) is 48.7 Å². The number of nitrogens with one attached hydrogen (secondary N) is 1. The minimum Gasteiger partial charge on any atom is -0.480 e. The van der Waals surface area contributed by atoms with Gasteiger partial charge in [0.05, 0.1) is 25.0 Å². The molecule has 0 amide bonds. The van der Waals surface area contributed by atoms with Gasteiger partial charge in [0.2, 0.25) is 11.5 Å². The Morgan fingerprint density at radius 2 is 1.77 bits per heavy atom. The van der Waals surface area contributed by atoms with Crippen LogP contribution in [-0.4, -0.2) is 45.7 Å². The van der Waals surface area contributed by atoms with Crippen LogP contribution in [0.15, 0.2) is 43.0 Å². The lowest BCUT2D eigenvalue weighted by atomic mass is 10.1. The molecule has 1 aliphatic rings. The Hall–Kier alpha value is -4.55. The van der Waals surface area contributed by atoms with Gasteiger partial charge in [0, 0.05) is 31.8 Å². The number of fused-ring (bicyclic) bond motifs is 1. The fraction of sp³-hybridized carbons (Fsp3) is 0.333. The molecule has 10 nitrogen and oxygen atoms in total. The summed E-state index contributed by atoms with van der Waals surface area (Å²) in [6, 6.07) is 6.80. The van der Waals surface area contributed by atoms with Crippen molar-refractivity contribution >= 4 is 11.2 Å². The number of aryl methyl sites for hydroxylation is 2. The Kier molecular flexibility index (Phi) is 5.97. The van der Waals surface area contributed by atoms with Crippen LogP contribution in [0.3, 0.4) is 0 Å². The number of ether oxygens (including phenoxy) is 1. The molecule has 4 heterocycles. The molecule has 0 saturated heterocycles. The topological polar surface area (TPSA) is 112 Å². The molecule has 4 aromatic heterocycles. The Morgan fingerprint density at radius 3 is 2.40 bits per heavy atom. The number of nitrogens with zero attached hydrogens (tertiary/aromatic N) is 8. The molecule has 6 rings (SSSR count). The van der Waals surface area contributed by atoms with Gasteiger partial charge in [-0.05, 0) is 25.3 Å². The lowest BCUT2D eigenvalue weighted by Gasteiger charge is -2.16. The summed E-state index contributed by atoms with van der Waals surface area (Å²) < 4.78 is 49.8. The Labute approximate surface area is 226 Å². The molecular weight excluding hydrogens is 523 g/mol. The minimum atomic E-state index is -4.52. The van der Waals surface area contributed by atoms with Crippen LogP contribution in [0.4, 0.5) is 13.2 Å². The summed E-state index contributed by atoms with van der Waals surface area (Å²) in [5.41, 5.74) is 3.42. The van der Waals surface area contributed by atoms with Gasteiger partial charge in [-0.1, -0.05) is 24.3 Å². The molecule has 40 heavy (non-hydrogen) atoms. The van der Waals surface area contributed by atoms with Gasteiger partial charge in [0.25, 0.3) is 0 Å². The zero-order valence-corrected chi connectivity index (χ0v) is 22.2. The highest BCUT2D eigenvalue weighted by molar-refractivity contribution is 5.76. The molecule has 0 radical (unpaired) electrons. The quantitative estimate of drug-likeness (QED) is 0.331. The van der Waals surface area contributed by atoms with Crippen LogP contribution in [-0.2, 0) is 20.3 Å². The van der Waals surface area contributed by atoms with Gasteiger partial charge in [-0.2, -0.15) is 13.2 Å². The van der Waals surface area contributed by atoms with Gasteiger partial charge < -0.3 is 13.9 Å². The minimum absolute atomic E-state index is 0.216. The molecule has 13 heteroatoms. The van der Waals surface area contributed by atoms with Crippen molar-refractivity contribution in [3.8, 4) is 28.7 Å². The van der Waals surface area contributed by atoms with Crippen LogP contribution in [0, 0.1) is 5.41 Å². The van der Waals surface area contributed by atoms with E-state index >= 15 is 0 Å². The van der Waals surface area contributed by atoms with Crippen LogP contribution in [0.25, 0.3) is 33.9 Å². The van der Waals surface area contributed by atoms with E-state index in [-0.39, 0.29) is 17.5 Å². The SMILES string of the molecule is COc1ncnc(C2CC2)c1-c1ncc2c(n1)n([C@H](C)c1ccc(-c3nc(C(F)(F)F)cn3C)cc1)c(=N)n2C. The van der Waals surface area contributed by atoms with Crippen LogP contribution in [0.2, 0.25) is 0 Å². The van der Waals surface area contributed by atoms with Gasteiger partial charge >= 0.3 is 6.18 Å². The number of aromatic nitrogens is 8. The van der Waals surface area contributed by atoms with E-state index in [4.69, 9.17) is 15.1 Å². The maximum atomic E-state index is 13.1. The summed E-state index contributed by atoms with van der Waals surface area (Å²) >= 11 is 0. The van der Waals surface area contributed by atoms with Gasteiger partial charge in [0.15, 0.2) is 17.2 Å². The summed E-state index contributed by atoms with van der Waals surface area (Å²) in [6.07, 6.45) is 1.68. The van der Waals surface area contributed by atoms with Crippen molar-refractivity contribution in [1.29, 1.82) is 5.41 Å². The number of hydrogen-bond acceptors (Lipinski definition) is 7. The highest BCUT2D eigenvalue weighted by Crippen LogP contribution is 2.45. The fourth-order valence-corrected chi connectivity index (χ4v) is 4.99. The third kappa shape index (κ3) is 4.21. The van der Waals surface area contributed by atoms with Crippen molar-refractivity contribution in [3.05, 3.63) is 65.6 Å². The first-order chi connectivity index (χ1) is 19.1. The molecule has 1 aliphatic carbocycles. The van der Waals surface area contributed by atoms with Crippen molar-refractivity contribution in [2.75, 3.05) is 7.11 Å². The van der Waals surface area contributed by atoms with Crippen molar-refractivity contribution < 1.29 is 17.9 Å². The first-order valence-electron chi connectivity index (χ1n) is 12.7. The fourth-order valence-electron chi connectivity index (χ4n) is 4.99. The molecule has 206 valence electrons. The van der Waals surface area contributed by atoms with E-state index in [0.29, 0.717) is 39.9 Å². The largest absolute Gasteiger partial charge is 0.480 e. The Morgan fingerprint density at radius 1 is 1.05 bits per heavy atom. The molecule has 0 spiro atoms. The molecule has 1 saturated carbocycles. The van der Waals surface area contributed by atoms with Gasteiger partial charge in [-0.25, -0.2) is 24.9 Å². The summed E-state index contributed by atoms with van der Waals surface area (Å²) in [4.78, 5) is 22.0. The van der Waals surface area contributed by atoms with E-state index in [1.807, 2.05) is 19.1 Å². The van der Waals surface area contributed by atoms with E-state index in [1.165, 1.54) is 17.9 Å². The van der Waals surface area contributed by atoms with E-state index in [0.717, 1.165) is 30.3 Å². The normalized spacial score (nSPS) is 14.6. The third-order valence-electron chi connectivity index (χ3n) is 7.31. The number of alkyl halides is 3. The molecule has 0 aliphatic heterocycles. The maximum absolute atomic E-state index is 13.1. The maximum Gasteiger partial charge on any atom is 0.434 e. The van der Waals surface area contributed by atoms with Crippen LogP contribution >= 0.6 is 0 Å². The lowest BCUT2D eigenvalue weighted by molar-refractivity contribution is -0.140. The standard InChI is InChI=1S/C27H26F3N9O/c1-14(15-5-9-17(10-6-15)23-35-19(12-37(23)2)27(28,29)30)39-24-18(38(3)26(39)31)11-32-22(36-24)20-21(16-7-8-16)33-13-34-25(20)40-4/h5-6,9-14,16,31H,7-8H2,1-4H3/t14-/m1/s1. The third-order valence-corrected chi connectivity index (χ3v) is 7.31. The summed E-state index contributed by atoms with van der Waals surface area (Å²) in [6.45, 7) is 1.94. The number of methoxy groups -OCH3 is 1. The van der Waals surface area contributed by atoms with E-state index in [1.54, 1.807) is 41.6 Å². The number of benzene rings is 1. The second kappa shape index (κ2) is 9.28. The molecule has 0 unspecified atom stereocenters. The predicted molar refractivity (Wildman–Crippen MR) is 139 cm³/mol. The van der Waals surface area contributed by atoms with Crippen molar-refractivity contribution in [1.82, 2.24) is 38.6 Å². The Bertz CT molecular complexity index is 1800. The lowest BCUT2D eigenvalue weighted by Crippen LogP contribution is -2.25. The number of imidazole rings is 2.